The maximum atomic E-state index is 10.5. The molecule has 0 aliphatic carbocycles. The van der Waals surface area contributed by atoms with Crippen molar-refractivity contribution in [2.75, 3.05) is 12.4 Å². The second-order valence-corrected chi connectivity index (χ2v) is 2.04. The number of aromatic nitrogens is 1. The third-order valence-corrected chi connectivity index (χ3v) is 1.23. The summed E-state index contributed by atoms with van der Waals surface area (Å²) in [5.41, 5.74) is 4.90. The Morgan fingerprint density at radius 1 is 1.75 bits per heavy atom. The lowest BCUT2D eigenvalue weighted by atomic mass is 10.4. The summed E-state index contributed by atoms with van der Waals surface area (Å²) in [5.74, 6) is 0.809. The summed E-state index contributed by atoms with van der Waals surface area (Å²) < 4.78 is 4.91. The summed E-state index contributed by atoms with van der Waals surface area (Å²) in [5, 5.41) is 2.33. The van der Waals surface area contributed by atoms with Gasteiger partial charge in [-0.3, -0.25) is 5.32 Å². The summed E-state index contributed by atoms with van der Waals surface area (Å²) in [6, 6.07) is 2.72. The molecule has 0 aromatic carbocycles. The first-order chi connectivity index (χ1) is 5.74. The number of amides is 2. The standard InChI is InChI=1S/C7H9N3O2/c1-12-5-3-2-4-9-6(5)10-7(8)11/h2-4H,1H3,(H3,8,9,10,11). The fourth-order valence-electron chi connectivity index (χ4n) is 0.766. The molecule has 0 radical (unpaired) electrons. The van der Waals surface area contributed by atoms with Crippen LogP contribution >= 0.6 is 0 Å². The van der Waals surface area contributed by atoms with Gasteiger partial charge in [0.2, 0.25) is 0 Å². The molecule has 3 N–H and O–H groups in total. The number of anilines is 1. The summed E-state index contributed by atoms with van der Waals surface area (Å²) in [7, 11) is 1.49. The molecular formula is C7H9N3O2. The highest BCUT2D eigenvalue weighted by atomic mass is 16.5. The minimum atomic E-state index is -0.660. The predicted molar refractivity (Wildman–Crippen MR) is 44.0 cm³/mol. The Bertz CT molecular complexity index is 288. The Kier molecular flexibility index (Phi) is 2.47. The van der Waals surface area contributed by atoms with E-state index in [0.717, 1.165) is 0 Å². The molecule has 1 aromatic heterocycles. The predicted octanol–water partition coefficient (Wildman–Crippen LogP) is 0.581. The van der Waals surface area contributed by atoms with Gasteiger partial charge in [0.05, 0.1) is 7.11 Å². The third-order valence-electron chi connectivity index (χ3n) is 1.23. The van der Waals surface area contributed by atoms with Crippen LogP contribution < -0.4 is 15.8 Å². The highest BCUT2D eigenvalue weighted by Gasteiger charge is 2.03. The molecule has 0 bridgehead atoms. The summed E-state index contributed by atoms with van der Waals surface area (Å²) >= 11 is 0. The number of pyridine rings is 1. The van der Waals surface area contributed by atoms with E-state index in [-0.39, 0.29) is 0 Å². The summed E-state index contributed by atoms with van der Waals surface area (Å²) in [6.07, 6.45) is 1.54. The van der Waals surface area contributed by atoms with E-state index in [0.29, 0.717) is 11.6 Å². The van der Waals surface area contributed by atoms with Gasteiger partial charge in [-0.2, -0.15) is 0 Å². The Morgan fingerprint density at radius 2 is 2.50 bits per heavy atom. The van der Waals surface area contributed by atoms with Crippen LogP contribution in [0, 0.1) is 0 Å². The van der Waals surface area contributed by atoms with Crippen molar-refractivity contribution >= 4 is 11.8 Å². The second kappa shape index (κ2) is 3.56. The molecule has 0 saturated carbocycles. The van der Waals surface area contributed by atoms with Gasteiger partial charge in [-0.15, -0.1) is 0 Å². The number of nitrogens with one attached hydrogen (secondary N) is 1. The average Bonchev–Trinajstić information content (AvgIpc) is 2.04. The lowest BCUT2D eigenvalue weighted by Gasteiger charge is -2.05. The molecule has 5 nitrogen and oxygen atoms in total. The zero-order chi connectivity index (χ0) is 8.97. The van der Waals surface area contributed by atoms with Crippen molar-refractivity contribution in [1.29, 1.82) is 0 Å². The van der Waals surface area contributed by atoms with Crippen LogP contribution in [0.5, 0.6) is 5.75 Å². The van der Waals surface area contributed by atoms with E-state index in [9.17, 15) is 4.79 Å². The summed E-state index contributed by atoms with van der Waals surface area (Å²) in [4.78, 5) is 14.3. The van der Waals surface area contributed by atoms with E-state index < -0.39 is 6.03 Å². The van der Waals surface area contributed by atoms with Gasteiger partial charge >= 0.3 is 6.03 Å². The maximum absolute atomic E-state index is 10.5. The number of rotatable bonds is 2. The molecule has 2 amide bonds. The van der Waals surface area contributed by atoms with Crippen LogP contribution in [-0.2, 0) is 0 Å². The lowest BCUT2D eigenvalue weighted by molar-refractivity contribution is 0.259. The number of ether oxygens (including phenoxy) is 1. The monoisotopic (exact) mass is 167 g/mol. The number of urea groups is 1. The van der Waals surface area contributed by atoms with Crippen molar-refractivity contribution in [3.8, 4) is 5.75 Å². The number of nitrogens with zero attached hydrogens (tertiary/aromatic N) is 1. The molecule has 0 saturated heterocycles. The van der Waals surface area contributed by atoms with E-state index in [2.05, 4.69) is 10.3 Å². The molecule has 64 valence electrons. The highest BCUT2D eigenvalue weighted by Crippen LogP contribution is 2.19. The molecule has 0 fully saturated rings. The normalized spacial score (nSPS) is 9.08. The Balaban J connectivity index is 2.89. The molecule has 1 rings (SSSR count). The first-order valence-electron chi connectivity index (χ1n) is 3.29. The van der Waals surface area contributed by atoms with Crippen LogP contribution in [0.4, 0.5) is 10.6 Å². The van der Waals surface area contributed by atoms with Gasteiger partial charge in [-0.1, -0.05) is 0 Å². The fourth-order valence-corrected chi connectivity index (χ4v) is 0.766. The van der Waals surface area contributed by atoms with Gasteiger partial charge in [0.15, 0.2) is 11.6 Å². The summed E-state index contributed by atoms with van der Waals surface area (Å²) in [6.45, 7) is 0. The third kappa shape index (κ3) is 1.85. The minimum Gasteiger partial charge on any atom is -0.493 e. The molecule has 0 aliphatic rings. The molecule has 1 heterocycles. The Morgan fingerprint density at radius 3 is 3.08 bits per heavy atom. The largest absolute Gasteiger partial charge is 0.493 e. The molecular weight excluding hydrogens is 158 g/mol. The topological polar surface area (TPSA) is 77.2 Å². The number of carbonyl (C=O) groups is 1. The second-order valence-electron chi connectivity index (χ2n) is 2.04. The smallest absolute Gasteiger partial charge is 0.317 e. The van der Waals surface area contributed by atoms with Crippen LogP contribution in [0.3, 0.4) is 0 Å². The van der Waals surface area contributed by atoms with Crippen LogP contribution in [-0.4, -0.2) is 18.1 Å². The van der Waals surface area contributed by atoms with E-state index in [1.807, 2.05) is 0 Å². The first kappa shape index (κ1) is 8.32. The molecule has 0 aliphatic heterocycles. The number of methoxy groups -OCH3 is 1. The quantitative estimate of drug-likeness (QED) is 0.676. The van der Waals surface area contributed by atoms with E-state index >= 15 is 0 Å². The average molecular weight is 167 g/mol. The Hall–Kier alpha value is -1.78. The molecule has 0 spiro atoms. The van der Waals surface area contributed by atoms with Gasteiger partial charge in [0, 0.05) is 6.20 Å². The van der Waals surface area contributed by atoms with Gasteiger partial charge in [0.25, 0.3) is 0 Å². The van der Waals surface area contributed by atoms with Crippen LogP contribution in [0.1, 0.15) is 0 Å². The number of primary amides is 1. The van der Waals surface area contributed by atoms with Crippen LogP contribution in [0.15, 0.2) is 18.3 Å². The van der Waals surface area contributed by atoms with Crippen molar-refractivity contribution in [3.05, 3.63) is 18.3 Å². The van der Waals surface area contributed by atoms with Crippen molar-refractivity contribution in [3.63, 3.8) is 0 Å². The lowest BCUT2D eigenvalue weighted by Crippen LogP contribution is -2.20. The first-order valence-corrected chi connectivity index (χ1v) is 3.29. The number of hydrogen-bond acceptors (Lipinski definition) is 3. The number of carbonyl (C=O) groups excluding carboxylic acids is 1. The maximum Gasteiger partial charge on any atom is 0.317 e. The number of nitrogens with two attached hydrogens (primary N) is 1. The van der Waals surface area contributed by atoms with Crippen LogP contribution in [0.25, 0.3) is 0 Å². The van der Waals surface area contributed by atoms with Crippen molar-refractivity contribution in [1.82, 2.24) is 4.98 Å². The van der Waals surface area contributed by atoms with Crippen LogP contribution in [0.2, 0.25) is 0 Å². The van der Waals surface area contributed by atoms with E-state index in [4.69, 9.17) is 10.5 Å². The van der Waals surface area contributed by atoms with Crippen molar-refractivity contribution in [2.24, 2.45) is 5.73 Å². The fraction of sp³-hybridized carbons (Fsp3) is 0.143. The SMILES string of the molecule is COc1cccnc1NC(N)=O. The van der Waals surface area contributed by atoms with Crippen molar-refractivity contribution in [2.45, 2.75) is 0 Å². The molecule has 1 aromatic rings. The minimum absolute atomic E-state index is 0.326. The van der Waals surface area contributed by atoms with Gasteiger partial charge in [-0.25, -0.2) is 9.78 Å². The zero-order valence-corrected chi connectivity index (χ0v) is 6.57. The molecule has 5 heteroatoms. The Labute approximate surface area is 69.5 Å². The van der Waals surface area contributed by atoms with E-state index in [1.54, 1.807) is 12.1 Å². The number of hydrogen-bond donors (Lipinski definition) is 2. The van der Waals surface area contributed by atoms with Gasteiger partial charge in [0.1, 0.15) is 0 Å². The molecule has 0 atom stereocenters. The molecule has 0 unspecified atom stereocenters. The van der Waals surface area contributed by atoms with E-state index in [1.165, 1.54) is 13.3 Å². The van der Waals surface area contributed by atoms with Gasteiger partial charge < -0.3 is 10.5 Å². The highest BCUT2D eigenvalue weighted by molar-refractivity contribution is 5.88. The zero-order valence-electron chi connectivity index (χ0n) is 6.57. The van der Waals surface area contributed by atoms with Gasteiger partial charge in [-0.05, 0) is 12.1 Å². The molecule has 12 heavy (non-hydrogen) atoms. The van der Waals surface area contributed by atoms with Crippen molar-refractivity contribution < 1.29 is 9.53 Å².